The highest BCUT2D eigenvalue weighted by molar-refractivity contribution is 6.33. The summed E-state index contributed by atoms with van der Waals surface area (Å²) in [6.45, 7) is 0. The molecule has 0 fully saturated rings. The summed E-state index contributed by atoms with van der Waals surface area (Å²) in [5.41, 5.74) is 1.28. The molecular weight excluding hydrogens is 299 g/mol. The molecule has 0 saturated carbocycles. The number of benzene rings is 2. The minimum atomic E-state index is -0.970. The highest BCUT2D eigenvalue weighted by Gasteiger charge is 2.23. The van der Waals surface area contributed by atoms with E-state index in [1.54, 1.807) is 30.3 Å². The van der Waals surface area contributed by atoms with Crippen molar-refractivity contribution in [3.63, 3.8) is 0 Å². The summed E-state index contributed by atoms with van der Waals surface area (Å²) in [5, 5.41) is 19.5. The maximum absolute atomic E-state index is 11.5. The molecule has 0 aliphatic rings. The molecule has 104 valence electrons. The number of rotatable bonds is 4. The smallest absolute Gasteiger partial charge is 0.311 e. The van der Waals surface area contributed by atoms with Crippen LogP contribution in [-0.2, 0) is 11.2 Å². The second-order valence-electron chi connectivity index (χ2n) is 4.43. The topological polar surface area (TPSA) is 57.5 Å². The Balaban J connectivity index is 2.34. The summed E-state index contributed by atoms with van der Waals surface area (Å²) >= 11 is 12.0. The number of phenols is 1. The molecule has 2 aromatic rings. The maximum atomic E-state index is 11.5. The molecular formula is C15H12Cl2O3. The van der Waals surface area contributed by atoms with E-state index >= 15 is 0 Å². The Morgan fingerprint density at radius 2 is 1.75 bits per heavy atom. The van der Waals surface area contributed by atoms with E-state index in [1.165, 1.54) is 12.1 Å². The third kappa shape index (κ3) is 3.44. The zero-order valence-corrected chi connectivity index (χ0v) is 11.9. The fourth-order valence-electron chi connectivity index (χ4n) is 1.98. The van der Waals surface area contributed by atoms with Gasteiger partial charge in [-0.15, -0.1) is 0 Å². The minimum Gasteiger partial charge on any atom is -0.508 e. The SMILES string of the molecule is O=C(O)C(Cc1ccc(O)cc1)c1cc(Cl)ccc1Cl. The Morgan fingerprint density at radius 3 is 2.35 bits per heavy atom. The lowest BCUT2D eigenvalue weighted by Crippen LogP contribution is -2.15. The third-order valence-corrected chi connectivity index (χ3v) is 3.59. The molecule has 0 heterocycles. The average Bonchev–Trinajstić information content (AvgIpc) is 2.41. The van der Waals surface area contributed by atoms with Crippen molar-refractivity contribution in [3.05, 3.63) is 63.6 Å². The number of carboxylic acids is 1. The zero-order valence-electron chi connectivity index (χ0n) is 10.4. The number of aliphatic carboxylic acids is 1. The minimum absolute atomic E-state index is 0.140. The van der Waals surface area contributed by atoms with Crippen molar-refractivity contribution < 1.29 is 15.0 Å². The van der Waals surface area contributed by atoms with E-state index in [9.17, 15) is 15.0 Å². The molecule has 0 aliphatic heterocycles. The summed E-state index contributed by atoms with van der Waals surface area (Å²) in [6.07, 6.45) is 0.273. The second kappa shape index (κ2) is 6.16. The highest BCUT2D eigenvalue weighted by atomic mass is 35.5. The van der Waals surface area contributed by atoms with Gasteiger partial charge in [-0.3, -0.25) is 4.79 Å². The van der Waals surface area contributed by atoms with Gasteiger partial charge in [-0.25, -0.2) is 0 Å². The Labute approximate surface area is 126 Å². The quantitative estimate of drug-likeness (QED) is 0.893. The molecule has 1 atom stereocenters. The van der Waals surface area contributed by atoms with Crippen LogP contribution in [0.25, 0.3) is 0 Å². The third-order valence-electron chi connectivity index (χ3n) is 3.01. The van der Waals surface area contributed by atoms with Gasteiger partial charge in [0.1, 0.15) is 5.75 Å². The number of halogens is 2. The van der Waals surface area contributed by atoms with E-state index in [4.69, 9.17) is 23.2 Å². The molecule has 0 aliphatic carbocycles. The lowest BCUT2D eigenvalue weighted by atomic mass is 9.92. The first kappa shape index (κ1) is 14.7. The van der Waals surface area contributed by atoms with Gasteiger partial charge in [-0.2, -0.15) is 0 Å². The molecule has 1 unspecified atom stereocenters. The van der Waals surface area contributed by atoms with Crippen molar-refractivity contribution in [2.24, 2.45) is 0 Å². The van der Waals surface area contributed by atoms with Gasteiger partial charge in [0.2, 0.25) is 0 Å². The largest absolute Gasteiger partial charge is 0.508 e. The van der Waals surface area contributed by atoms with Crippen LogP contribution in [0.5, 0.6) is 5.75 Å². The highest BCUT2D eigenvalue weighted by Crippen LogP contribution is 2.30. The van der Waals surface area contributed by atoms with Gasteiger partial charge in [0, 0.05) is 10.0 Å². The van der Waals surface area contributed by atoms with Crippen LogP contribution in [-0.4, -0.2) is 16.2 Å². The van der Waals surface area contributed by atoms with E-state index in [-0.39, 0.29) is 12.2 Å². The first-order valence-corrected chi connectivity index (χ1v) is 6.68. The molecule has 0 spiro atoms. The van der Waals surface area contributed by atoms with Crippen molar-refractivity contribution in [1.82, 2.24) is 0 Å². The fourth-order valence-corrected chi connectivity index (χ4v) is 2.41. The van der Waals surface area contributed by atoms with Crippen LogP contribution >= 0.6 is 23.2 Å². The molecule has 0 radical (unpaired) electrons. The molecule has 0 saturated heterocycles. The molecule has 0 aromatic heterocycles. The predicted molar refractivity (Wildman–Crippen MR) is 78.6 cm³/mol. The predicted octanol–water partition coefficient (Wildman–Crippen LogP) is 4.11. The summed E-state index contributed by atoms with van der Waals surface area (Å²) in [4.78, 5) is 11.5. The van der Waals surface area contributed by atoms with Gasteiger partial charge >= 0.3 is 5.97 Å². The van der Waals surface area contributed by atoms with Crippen molar-refractivity contribution in [2.45, 2.75) is 12.3 Å². The first-order valence-electron chi connectivity index (χ1n) is 5.93. The van der Waals surface area contributed by atoms with E-state index in [0.717, 1.165) is 5.56 Å². The molecule has 20 heavy (non-hydrogen) atoms. The molecule has 2 aromatic carbocycles. The van der Waals surface area contributed by atoms with Crippen molar-refractivity contribution in [3.8, 4) is 5.75 Å². The van der Waals surface area contributed by atoms with Crippen LogP contribution in [0.4, 0.5) is 0 Å². The Kier molecular flexibility index (Phi) is 4.53. The maximum Gasteiger partial charge on any atom is 0.311 e. The lowest BCUT2D eigenvalue weighted by molar-refractivity contribution is -0.138. The molecule has 5 heteroatoms. The number of phenolic OH excluding ortho intramolecular Hbond substituents is 1. The van der Waals surface area contributed by atoms with Crippen molar-refractivity contribution in [1.29, 1.82) is 0 Å². The normalized spacial score (nSPS) is 12.1. The van der Waals surface area contributed by atoms with Gasteiger partial charge < -0.3 is 10.2 Å². The van der Waals surface area contributed by atoms with Crippen molar-refractivity contribution >= 4 is 29.2 Å². The standard InChI is InChI=1S/C15H12Cl2O3/c16-10-3-6-14(17)12(8-10)13(15(19)20)7-9-1-4-11(18)5-2-9/h1-6,8,13,18H,7H2,(H,19,20). The summed E-state index contributed by atoms with van der Waals surface area (Å²) in [6, 6.07) is 11.2. The van der Waals surface area contributed by atoms with Crippen LogP contribution in [0.3, 0.4) is 0 Å². The van der Waals surface area contributed by atoms with Gasteiger partial charge in [0.05, 0.1) is 5.92 Å². The number of aromatic hydroxyl groups is 1. The van der Waals surface area contributed by atoms with Crippen LogP contribution in [0.2, 0.25) is 10.0 Å². The summed E-state index contributed by atoms with van der Waals surface area (Å²) in [7, 11) is 0. The van der Waals surface area contributed by atoms with E-state index in [0.29, 0.717) is 15.6 Å². The number of carbonyl (C=O) groups is 1. The second-order valence-corrected chi connectivity index (χ2v) is 5.27. The van der Waals surface area contributed by atoms with Gasteiger partial charge in [0.15, 0.2) is 0 Å². The fraction of sp³-hybridized carbons (Fsp3) is 0.133. The summed E-state index contributed by atoms with van der Waals surface area (Å²) in [5.74, 6) is -1.62. The lowest BCUT2D eigenvalue weighted by Gasteiger charge is -2.15. The average molecular weight is 311 g/mol. The Bertz CT molecular complexity index is 624. The molecule has 3 nitrogen and oxygen atoms in total. The summed E-state index contributed by atoms with van der Waals surface area (Å²) < 4.78 is 0. The van der Waals surface area contributed by atoms with Gasteiger partial charge in [-0.05, 0) is 47.9 Å². The van der Waals surface area contributed by atoms with Crippen LogP contribution in [0.15, 0.2) is 42.5 Å². The molecule has 0 amide bonds. The zero-order chi connectivity index (χ0) is 14.7. The van der Waals surface area contributed by atoms with Gasteiger partial charge in [0.25, 0.3) is 0 Å². The molecule has 2 rings (SSSR count). The monoisotopic (exact) mass is 310 g/mol. The van der Waals surface area contributed by atoms with Crippen LogP contribution in [0.1, 0.15) is 17.0 Å². The van der Waals surface area contributed by atoms with E-state index in [2.05, 4.69) is 0 Å². The Hall–Kier alpha value is -1.71. The van der Waals surface area contributed by atoms with E-state index < -0.39 is 11.9 Å². The number of hydrogen-bond donors (Lipinski definition) is 2. The van der Waals surface area contributed by atoms with Crippen molar-refractivity contribution in [2.75, 3.05) is 0 Å². The van der Waals surface area contributed by atoms with Gasteiger partial charge in [-0.1, -0.05) is 35.3 Å². The Morgan fingerprint density at radius 1 is 1.10 bits per heavy atom. The number of carboxylic acid groups (broad SMARTS) is 1. The van der Waals surface area contributed by atoms with Crippen LogP contribution < -0.4 is 0 Å². The van der Waals surface area contributed by atoms with Crippen LogP contribution in [0, 0.1) is 0 Å². The number of hydrogen-bond acceptors (Lipinski definition) is 2. The first-order chi connectivity index (χ1) is 9.47. The van der Waals surface area contributed by atoms with E-state index in [1.807, 2.05) is 0 Å². The molecule has 0 bridgehead atoms. The molecule has 2 N–H and O–H groups in total.